The third-order valence-corrected chi connectivity index (χ3v) is 7.12. The van der Waals surface area contributed by atoms with Crippen molar-refractivity contribution in [3.8, 4) is 22.6 Å². The molecule has 8 heteroatoms. The van der Waals surface area contributed by atoms with Gasteiger partial charge in [-0.25, -0.2) is 0 Å². The zero-order valence-electron chi connectivity index (χ0n) is 19.7. The number of hydrogen-bond donors (Lipinski definition) is 0. The van der Waals surface area contributed by atoms with E-state index in [1.165, 1.54) is 22.9 Å². The summed E-state index contributed by atoms with van der Waals surface area (Å²) in [7, 11) is 1.92. The van der Waals surface area contributed by atoms with Crippen molar-refractivity contribution in [3.63, 3.8) is 0 Å². The van der Waals surface area contributed by atoms with E-state index in [9.17, 15) is 4.79 Å². The fraction of sp³-hybridized carbons (Fsp3) is 0.308. The van der Waals surface area contributed by atoms with Crippen LogP contribution in [0.15, 0.2) is 59.9 Å². The number of nitrogens with zero attached hydrogens (tertiary/aromatic N) is 6. The predicted molar refractivity (Wildman–Crippen MR) is 136 cm³/mol. The molecule has 0 N–H and O–H groups in total. The molecule has 0 spiro atoms. The summed E-state index contributed by atoms with van der Waals surface area (Å²) in [6.45, 7) is 5.61. The summed E-state index contributed by atoms with van der Waals surface area (Å²) in [6.07, 6.45) is 4.00. The summed E-state index contributed by atoms with van der Waals surface area (Å²) in [5.41, 5.74) is 6.34. The molecule has 1 amide bonds. The molecule has 0 bridgehead atoms. The lowest BCUT2D eigenvalue weighted by Crippen LogP contribution is -2.36. The Morgan fingerprint density at radius 3 is 2.68 bits per heavy atom. The van der Waals surface area contributed by atoms with Gasteiger partial charge in [-0.1, -0.05) is 59.8 Å². The van der Waals surface area contributed by atoms with Gasteiger partial charge in [-0.2, -0.15) is 5.10 Å². The lowest BCUT2D eigenvalue weighted by atomic mass is 10.0. The number of amides is 1. The minimum absolute atomic E-state index is 0.103. The van der Waals surface area contributed by atoms with E-state index in [-0.39, 0.29) is 5.91 Å². The lowest BCUT2D eigenvalue weighted by Gasteiger charge is -2.29. The number of benzene rings is 2. The van der Waals surface area contributed by atoms with Crippen molar-refractivity contribution in [1.29, 1.82) is 0 Å². The number of fused-ring (bicyclic) bond motifs is 1. The monoisotopic (exact) mass is 472 g/mol. The molecule has 174 valence electrons. The summed E-state index contributed by atoms with van der Waals surface area (Å²) in [5, 5.41) is 14.4. The number of carbonyl (C=O) groups is 1. The predicted octanol–water partition coefficient (Wildman–Crippen LogP) is 4.75. The van der Waals surface area contributed by atoms with E-state index < -0.39 is 0 Å². The molecule has 1 aliphatic rings. The number of anilines is 1. The van der Waals surface area contributed by atoms with Crippen LogP contribution >= 0.6 is 11.8 Å². The first-order valence-electron chi connectivity index (χ1n) is 11.6. The summed E-state index contributed by atoms with van der Waals surface area (Å²) < 4.78 is 3.88. The smallest absolute Gasteiger partial charge is 0.237 e. The van der Waals surface area contributed by atoms with Gasteiger partial charge in [-0.15, -0.1) is 10.2 Å². The van der Waals surface area contributed by atoms with Gasteiger partial charge in [0, 0.05) is 37.6 Å². The number of thioether (sulfide) groups is 1. The highest BCUT2D eigenvalue weighted by Gasteiger charge is 2.24. The maximum absolute atomic E-state index is 13.1. The van der Waals surface area contributed by atoms with Crippen LogP contribution in [0.1, 0.15) is 24.5 Å². The molecule has 0 atom stereocenters. The van der Waals surface area contributed by atoms with Gasteiger partial charge in [0.25, 0.3) is 0 Å². The number of aryl methyl sites for hydroxylation is 3. The average Bonchev–Trinajstić information content (AvgIpc) is 3.45. The summed E-state index contributed by atoms with van der Waals surface area (Å²) in [5.74, 6) is 1.19. The van der Waals surface area contributed by atoms with Crippen molar-refractivity contribution < 1.29 is 4.79 Å². The van der Waals surface area contributed by atoms with Crippen LogP contribution in [0.2, 0.25) is 0 Å². The Kier molecular flexibility index (Phi) is 6.24. The normalized spacial score (nSPS) is 13.2. The Hall–Kier alpha value is -3.39. The highest BCUT2D eigenvalue weighted by molar-refractivity contribution is 7.99. The molecule has 5 rings (SSSR count). The van der Waals surface area contributed by atoms with Crippen LogP contribution in [0.5, 0.6) is 0 Å². The number of hydrogen-bond acceptors (Lipinski definition) is 5. The van der Waals surface area contributed by atoms with Crippen LogP contribution in [0, 0.1) is 6.92 Å². The van der Waals surface area contributed by atoms with Crippen molar-refractivity contribution in [2.24, 2.45) is 7.05 Å². The van der Waals surface area contributed by atoms with Crippen LogP contribution in [-0.2, 0) is 24.8 Å². The minimum Gasteiger partial charge on any atom is -0.311 e. The van der Waals surface area contributed by atoms with Gasteiger partial charge in [0.1, 0.15) is 5.69 Å². The van der Waals surface area contributed by atoms with Gasteiger partial charge in [0.15, 0.2) is 11.0 Å². The Bertz CT molecular complexity index is 1320. The first kappa shape index (κ1) is 22.4. The maximum atomic E-state index is 13.1. The lowest BCUT2D eigenvalue weighted by molar-refractivity contribution is -0.116. The van der Waals surface area contributed by atoms with Crippen LogP contribution < -0.4 is 4.90 Å². The van der Waals surface area contributed by atoms with Gasteiger partial charge in [0.2, 0.25) is 5.91 Å². The number of aromatic nitrogens is 5. The molecule has 2 aromatic heterocycles. The van der Waals surface area contributed by atoms with Gasteiger partial charge in [-0.05, 0) is 38.3 Å². The molecule has 7 nitrogen and oxygen atoms in total. The molecule has 1 aliphatic heterocycles. The number of carbonyl (C=O) groups excluding carboxylic acids is 1. The molecule has 0 unspecified atom stereocenters. The van der Waals surface area contributed by atoms with Crippen LogP contribution in [-0.4, -0.2) is 42.7 Å². The van der Waals surface area contributed by atoms with Gasteiger partial charge < -0.3 is 9.47 Å². The molecular formula is C26H28N6OS. The van der Waals surface area contributed by atoms with Crippen molar-refractivity contribution in [1.82, 2.24) is 24.5 Å². The summed E-state index contributed by atoms with van der Waals surface area (Å²) >= 11 is 1.44. The van der Waals surface area contributed by atoms with Gasteiger partial charge >= 0.3 is 0 Å². The van der Waals surface area contributed by atoms with Crippen LogP contribution in [0.25, 0.3) is 22.6 Å². The molecular weight excluding hydrogens is 444 g/mol. The van der Waals surface area contributed by atoms with Crippen molar-refractivity contribution in [3.05, 3.63) is 65.9 Å². The fourth-order valence-electron chi connectivity index (χ4n) is 4.45. The first-order valence-corrected chi connectivity index (χ1v) is 12.6. The molecule has 0 saturated carbocycles. The second kappa shape index (κ2) is 9.46. The van der Waals surface area contributed by atoms with Gasteiger partial charge in [-0.3, -0.25) is 9.48 Å². The van der Waals surface area contributed by atoms with E-state index in [0.29, 0.717) is 12.3 Å². The van der Waals surface area contributed by atoms with Crippen LogP contribution in [0.4, 0.5) is 5.69 Å². The first-order chi connectivity index (χ1) is 16.5. The third-order valence-electron chi connectivity index (χ3n) is 6.16. The molecule has 3 heterocycles. The van der Waals surface area contributed by atoms with E-state index in [2.05, 4.69) is 58.9 Å². The summed E-state index contributed by atoms with van der Waals surface area (Å²) in [6, 6.07) is 16.5. The quantitative estimate of drug-likeness (QED) is 0.379. The highest BCUT2D eigenvalue weighted by Crippen LogP contribution is 2.33. The van der Waals surface area contributed by atoms with Gasteiger partial charge in [0.05, 0.1) is 11.3 Å². The maximum Gasteiger partial charge on any atom is 0.237 e. The third kappa shape index (κ3) is 4.25. The Morgan fingerprint density at radius 1 is 1.09 bits per heavy atom. The fourth-order valence-corrected chi connectivity index (χ4v) is 5.33. The second-order valence-corrected chi connectivity index (χ2v) is 9.49. The van der Waals surface area contributed by atoms with E-state index in [1.54, 1.807) is 0 Å². The average molecular weight is 473 g/mol. The van der Waals surface area contributed by atoms with E-state index in [4.69, 9.17) is 5.10 Å². The molecule has 0 saturated heterocycles. The molecule has 4 aromatic rings. The Labute approximate surface area is 203 Å². The van der Waals surface area contributed by atoms with Crippen molar-refractivity contribution in [2.75, 3.05) is 17.2 Å². The van der Waals surface area contributed by atoms with Crippen molar-refractivity contribution >= 4 is 23.4 Å². The molecule has 34 heavy (non-hydrogen) atoms. The SMILES string of the molecule is CCn1c(SCC(=O)N2CCCc3ccccc32)nnc1-c1cn(C)nc1-c1ccc(C)cc1. The molecule has 0 radical (unpaired) electrons. The highest BCUT2D eigenvalue weighted by atomic mass is 32.2. The number of rotatable bonds is 6. The second-order valence-electron chi connectivity index (χ2n) is 8.55. The standard InChI is InChI=1S/C26H28N6OS/c1-4-31-25(21-16-30(3)29-24(21)20-13-11-18(2)12-14-20)27-28-26(31)34-17-23(33)32-15-7-9-19-8-5-6-10-22(19)32/h5-6,8,10-14,16H,4,7,9,15,17H2,1-3H3. The van der Waals surface area contributed by atoms with E-state index in [1.807, 2.05) is 41.0 Å². The van der Waals surface area contributed by atoms with Crippen LogP contribution in [0.3, 0.4) is 0 Å². The topological polar surface area (TPSA) is 68.8 Å². The largest absolute Gasteiger partial charge is 0.311 e. The molecule has 0 aliphatic carbocycles. The minimum atomic E-state index is 0.103. The molecule has 2 aromatic carbocycles. The Balaban J connectivity index is 1.39. The molecule has 0 fully saturated rings. The van der Waals surface area contributed by atoms with E-state index >= 15 is 0 Å². The number of para-hydroxylation sites is 1. The zero-order valence-corrected chi connectivity index (χ0v) is 20.5. The van der Waals surface area contributed by atoms with E-state index in [0.717, 1.165) is 52.9 Å². The Morgan fingerprint density at radius 2 is 1.88 bits per heavy atom. The zero-order chi connectivity index (χ0) is 23.7. The summed E-state index contributed by atoms with van der Waals surface area (Å²) in [4.78, 5) is 15.0. The van der Waals surface area contributed by atoms with Crippen molar-refractivity contribution in [2.45, 2.75) is 38.4 Å².